The quantitative estimate of drug-likeness (QED) is 0.515. The van der Waals surface area contributed by atoms with Gasteiger partial charge in [-0.05, 0) is 0 Å². The van der Waals surface area contributed by atoms with Gasteiger partial charge >= 0.3 is 0 Å². The van der Waals surface area contributed by atoms with Gasteiger partial charge in [0.05, 0.1) is 0 Å². The molecule has 1 nitrogen and oxygen atoms in total. The molecule has 0 aromatic rings. The average molecular weight is 132 g/mol. The van der Waals surface area contributed by atoms with Crippen LogP contribution in [0.1, 0.15) is 52.4 Å². The summed E-state index contributed by atoms with van der Waals surface area (Å²) in [5.74, 6) is 0. The third-order valence-electron chi connectivity index (χ3n) is 1.46. The molecule has 0 heterocycles. The van der Waals surface area contributed by atoms with Gasteiger partial charge in [-0.2, -0.15) is 0 Å². The van der Waals surface area contributed by atoms with Crippen LogP contribution >= 0.6 is 0 Å². The van der Waals surface area contributed by atoms with Gasteiger partial charge in [0.1, 0.15) is 0 Å². The molecular formula is C8H20O. The number of unbranched alkanes of at least 4 members (excludes halogenated alkanes) is 5. The van der Waals surface area contributed by atoms with Gasteiger partial charge in [-0.3, -0.25) is 0 Å². The summed E-state index contributed by atoms with van der Waals surface area (Å²) in [7, 11) is 0. The van der Waals surface area contributed by atoms with Crippen LogP contribution in [-0.4, -0.2) is 5.48 Å². The summed E-state index contributed by atoms with van der Waals surface area (Å²) in [6.45, 7) is 4.51. The third-order valence-corrected chi connectivity index (χ3v) is 1.46. The second-order valence-corrected chi connectivity index (χ2v) is 2.41. The first kappa shape index (κ1) is 11.7. The maximum absolute atomic E-state index is 2.26. The standard InChI is InChI=1S/C8H18.H2O/c1-3-5-7-8-6-4-2;/h3-8H2,1-2H3;1H2. The molecule has 0 saturated carbocycles. The molecule has 0 aromatic heterocycles. The zero-order valence-corrected chi connectivity index (χ0v) is 6.74. The fraction of sp³-hybridized carbons (Fsp3) is 1.00. The van der Waals surface area contributed by atoms with Crippen LogP contribution < -0.4 is 0 Å². The van der Waals surface area contributed by atoms with E-state index in [-0.39, 0.29) is 5.48 Å². The Labute approximate surface area is 58.8 Å². The molecule has 0 unspecified atom stereocenters. The Balaban J connectivity index is 0. The van der Waals surface area contributed by atoms with Crippen molar-refractivity contribution in [2.24, 2.45) is 0 Å². The van der Waals surface area contributed by atoms with E-state index in [0.29, 0.717) is 0 Å². The van der Waals surface area contributed by atoms with Crippen LogP contribution in [0.4, 0.5) is 0 Å². The fourth-order valence-corrected chi connectivity index (χ4v) is 0.854. The molecule has 0 aliphatic carbocycles. The van der Waals surface area contributed by atoms with Crippen molar-refractivity contribution in [1.29, 1.82) is 0 Å². The van der Waals surface area contributed by atoms with Crippen molar-refractivity contribution in [3.05, 3.63) is 0 Å². The van der Waals surface area contributed by atoms with Gasteiger partial charge in [0, 0.05) is 0 Å². The van der Waals surface area contributed by atoms with Crippen LogP contribution in [0.5, 0.6) is 0 Å². The molecule has 0 rings (SSSR count). The lowest BCUT2D eigenvalue weighted by Crippen LogP contribution is -1.73. The summed E-state index contributed by atoms with van der Waals surface area (Å²) >= 11 is 0. The summed E-state index contributed by atoms with van der Waals surface area (Å²) < 4.78 is 0. The van der Waals surface area contributed by atoms with E-state index in [1.165, 1.54) is 38.5 Å². The lowest BCUT2D eigenvalue weighted by molar-refractivity contribution is 0.624. The molecule has 1 heteroatoms. The number of hydrogen-bond donors (Lipinski definition) is 0. The third kappa shape index (κ3) is 11.5. The van der Waals surface area contributed by atoms with Crippen LogP contribution in [-0.2, 0) is 0 Å². The second kappa shape index (κ2) is 10.9. The Morgan fingerprint density at radius 2 is 1.00 bits per heavy atom. The van der Waals surface area contributed by atoms with Crippen molar-refractivity contribution >= 4 is 0 Å². The summed E-state index contributed by atoms with van der Waals surface area (Å²) in [5, 5.41) is 0. The first-order valence-electron chi connectivity index (χ1n) is 3.91. The maximum atomic E-state index is 2.26. The Morgan fingerprint density at radius 3 is 1.22 bits per heavy atom. The highest BCUT2D eigenvalue weighted by atomic mass is 16.0. The van der Waals surface area contributed by atoms with Gasteiger partial charge in [-0.25, -0.2) is 0 Å². The highest BCUT2D eigenvalue weighted by Crippen LogP contribution is 2.03. The summed E-state index contributed by atoms with van der Waals surface area (Å²) in [6.07, 6.45) is 8.49. The first-order chi connectivity index (χ1) is 3.91. The molecular weight excluding hydrogens is 112 g/mol. The van der Waals surface area contributed by atoms with Crippen molar-refractivity contribution in [2.45, 2.75) is 52.4 Å². The predicted octanol–water partition coefficient (Wildman–Crippen LogP) is 2.54. The Kier molecular flexibility index (Phi) is 14.1. The molecule has 0 amide bonds. The van der Waals surface area contributed by atoms with Gasteiger partial charge in [0.15, 0.2) is 0 Å². The monoisotopic (exact) mass is 132 g/mol. The van der Waals surface area contributed by atoms with Crippen LogP contribution in [0.15, 0.2) is 0 Å². The smallest absolute Gasteiger partial charge is 0.0533 e. The van der Waals surface area contributed by atoms with Crippen LogP contribution in [0.25, 0.3) is 0 Å². The molecule has 0 spiro atoms. The van der Waals surface area contributed by atoms with Crippen LogP contribution in [0, 0.1) is 0 Å². The minimum Gasteiger partial charge on any atom is -0.412 e. The zero-order valence-electron chi connectivity index (χ0n) is 6.74. The lowest BCUT2D eigenvalue weighted by atomic mass is 10.1. The summed E-state index contributed by atoms with van der Waals surface area (Å²) in [4.78, 5) is 0. The molecule has 0 radical (unpaired) electrons. The van der Waals surface area contributed by atoms with E-state index >= 15 is 0 Å². The molecule has 0 aromatic carbocycles. The van der Waals surface area contributed by atoms with E-state index in [9.17, 15) is 0 Å². The van der Waals surface area contributed by atoms with E-state index in [4.69, 9.17) is 0 Å². The largest absolute Gasteiger partial charge is 0.412 e. The molecule has 0 aliphatic heterocycles. The van der Waals surface area contributed by atoms with Crippen LogP contribution in [0.3, 0.4) is 0 Å². The van der Waals surface area contributed by atoms with Crippen molar-refractivity contribution in [3.63, 3.8) is 0 Å². The predicted molar refractivity (Wildman–Crippen MR) is 42.7 cm³/mol. The van der Waals surface area contributed by atoms with Gasteiger partial charge in [0.2, 0.25) is 0 Å². The van der Waals surface area contributed by atoms with E-state index < -0.39 is 0 Å². The maximum Gasteiger partial charge on any atom is -0.0533 e. The van der Waals surface area contributed by atoms with Crippen molar-refractivity contribution in [2.75, 3.05) is 0 Å². The summed E-state index contributed by atoms with van der Waals surface area (Å²) in [5.41, 5.74) is 0. The number of rotatable bonds is 5. The minimum atomic E-state index is 0. The summed E-state index contributed by atoms with van der Waals surface area (Å²) in [6, 6.07) is 0. The molecule has 0 aliphatic rings. The van der Waals surface area contributed by atoms with E-state index in [0.717, 1.165) is 0 Å². The first-order valence-corrected chi connectivity index (χ1v) is 3.91. The topological polar surface area (TPSA) is 31.5 Å². The fourth-order valence-electron chi connectivity index (χ4n) is 0.854. The lowest BCUT2D eigenvalue weighted by Gasteiger charge is -1.93. The SMILES string of the molecule is CCCCCCCC.O. The normalized spacial score (nSPS) is 8.67. The zero-order chi connectivity index (χ0) is 6.24. The number of hydrogen-bond acceptors (Lipinski definition) is 0. The van der Waals surface area contributed by atoms with Crippen molar-refractivity contribution in [1.82, 2.24) is 0 Å². The van der Waals surface area contributed by atoms with Crippen molar-refractivity contribution in [3.8, 4) is 0 Å². The Bertz CT molecular complexity index is 29.5. The second-order valence-electron chi connectivity index (χ2n) is 2.41. The average Bonchev–Trinajstić information content (AvgIpc) is 1.81. The Morgan fingerprint density at radius 1 is 0.667 bits per heavy atom. The molecule has 9 heavy (non-hydrogen) atoms. The van der Waals surface area contributed by atoms with E-state index in [1.807, 2.05) is 0 Å². The van der Waals surface area contributed by atoms with Crippen molar-refractivity contribution < 1.29 is 5.48 Å². The molecule has 0 atom stereocenters. The van der Waals surface area contributed by atoms with Crippen LogP contribution in [0.2, 0.25) is 0 Å². The van der Waals surface area contributed by atoms with Gasteiger partial charge in [-0.15, -0.1) is 0 Å². The van der Waals surface area contributed by atoms with Gasteiger partial charge in [-0.1, -0.05) is 52.4 Å². The Hall–Kier alpha value is -0.0400. The minimum absolute atomic E-state index is 0. The molecule has 0 fully saturated rings. The molecule has 2 N–H and O–H groups in total. The van der Waals surface area contributed by atoms with E-state index in [2.05, 4.69) is 13.8 Å². The molecule has 0 bridgehead atoms. The van der Waals surface area contributed by atoms with Gasteiger partial charge in [0.25, 0.3) is 0 Å². The highest BCUT2D eigenvalue weighted by Gasteiger charge is 1.83. The molecule has 0 saturated heterocycles. The van der Waals surface area contributed by atoms with E-state index in [1.54, 1.807) is 0 Å². The highest BCUT2D eigenvalue weighted by molar-refractivity contribution is 4.39. The van der Waals surface area contributed by atoms with Gasteiger partial charge < -0.3 is 5.48 Å². The molecule has 58 valence electrons.